The molecule has 0 heterocycles. The first-order chi connectivity index (χ1) is 7.63. The van der Waals surface area contributed by atoms with Crippen molar-refractivity contribution in [2.24, 2.45) is 0 Å². The van der Waals surface area contributed by atoms with Crippen LogP contribution < -0.4 is 10.6 Å². The van der Waals surface area contributed by atoms with Gasteiger partial charge in [-0.25, -0.2) is 4.39 Å². The maximum Gasteiger partial charge on any atom is 0.224 e. The highest BCUT2D eigenvalue weighted by molar-refractivity contribution is 6.30. The van der Waals surface area contributed by atoms with Crippen LogP contribution in [-0.2, 0) is 4.79 Å². The second-order valence-corrected chi connectivity index (χ2v) is 3.79. The highest BCUT2D eigenvalue weighted by Gasteiger charge is 2.04. The third-order valence-corrected chi connectivity index (χ3v) is 2.34. The molecule has 0 aliphatic rings. The second kappa shape index (κ2) is 6.45. The highest BCUT2D eigenvalue weighted by Crippen LogP contribution is 2.18. The number of benzene rings is 1. The van der Waals surface area contributed by atoms with Crippen molar-refractivity contribution in [3.8, 4) is 0 Å². The summed E-state index contributed by atoms with van der Waals surface area (Å²) in [7, 11) is 1.83. The summed E-state index contributed by atoms with van der Waals surface area (Å²) in [6.07, 6.45) is 1.16. The van der Waals surface area contributed by atoms with E-state index in [0.717, 1.165) is 13.0 Å². The average Bonchev–Trinajstić information content (AvgIpc) is 2.24. The van der Waals surface area contributed by atoms with Crippen molar-refractivity contribution in [3.05, 3.63) is 29.0 Å². The minimum absolute atomic E-state index is 0.0492. The van der Waals surface area contributed by atoms with Crippen LogP contribution >= 0.6 is 11.6 Å². The molecule has 0 radical (unpaired) electrons. The molecule has 0 fully saturated rings. The molecular weight excluding hydrogens is 231 g/mol. The van der Waals surface area contributed by atoms with E-state index in [2.05, 4.69) is 10.6 Å². The van der Waals surface area contributed by atoms with Crippen LogP contribution in [0, 0.1) is 5.82 Å². The van der Waals surface area contributed by atoms with Gasteiger partial charge in [-0.1, -0.05) is 11.6 Å². The first-order valence-corrected chi connectivity index (χ1v) is 5.41. The minimum atomic E-state index is -0.533. The van der Waals surface area contributed by atoms with Crippen LogP contribution in [-0.4, -0.2) is 19.5 Å². The number of hydrogen-bond donors (Lipinski definition) is 2. The molecule has 1 amide bonds. The molecule has 0 saturated carbocycles. The normalized spacial score (nSPS) is 10.2. The van der Waals surface area contributed by atoms with E-state index in [4.69, 9.17) is 11.6 Å². The van der Waals surface area contributed by atoms with E-state index in [1.165, 1.54) is 12.1 Å². The molecule has 1 aromatic rings. The molecular formula is C11H14ClFN2O. The molecule has 0 unspecified atom stereocenters. The minimum Gasteiger partial charge on any atom is -0.326 e. The highest BCUT2D eigenvalue weighted by atomic mass is 35.5. The number of hydrogen-bond acceptors (Lipinski definition) is 2. The molecule has 0 aliphatic carbocycles. The SMILES string of the molecule is CNCCCC(=O)Nc1ccc(Cl)c(F)c1. The van der Waals surface area contributed by atoms with Gasteiger partial charge >= 0.3 is 0 Å². The van der Waals surface area contributed by atoms with Crippen LogP contribution in [0.5, 0.6) is 0 Å². The van der Waals surface area contributed by atoms with Crippen molar-refractivity contribution in [2.45, 2.75) is 12.8 Å². The zero-order chi connectivity index (χ0) is 12.0. The lowest BCUT2D eigenvalue weighted by Crippen LogP contribution is -2.15. The fourth-order valence-electron chi connectivity index (χ4n) is 1.22. The zero-order valence-electron chi connectivity index (χ0n) is 9.02. The van der Waals surface area contributed by atoms with Gasteiger partial charge in [-0.2, -0.15) is 0 Å². The number of anilines is 1. The summed E-state index contributed by atoms with van der Waals surface area (Å²) < 4.78 is 13.0. The van der Waals surface area contributed by atoms with E-state index in [0.29, 0.717) is 12.1 Å². The Morgan fingerprint density at radius 1 is 1.50 bits per heavy atom. The van der Waals surface area contributed by atoms with Gasteiger partial charge in [0.1, 0.15) is 5.82 Å². The van der Waals surface area contributed by atoms with Gasteiger partial charge in [0.25, 0.3) is 0 Å². The van der Waals surface area contributed by atoms with Crippen molar-refractivity contribution in [2.75, 3.05) is 18.9 Å². The van der Waals surface area contributed by atoms with Gasteiger partial charge in [-0.05, 0) is 38.2 Å². The lowest BCUT2D eigenvalue weighted by atomic mass is 10.2. The number of carbonyl (C=O) groups is 1. The summed E-state index contributed by atoms with van der Waals surface area (Å²) in [5.74, 6) is -0.660. The summed E-state index contributed by atoms with van der Waals surface area (Å²) in [4.78, 5) is 11.4. The maximum atomic E-state index is 13.0. The molecule has 1 aromatic carbocycles. The first-order valence-electron chi connectivity index (χ1n) is 5.03. The molecule has 0 atom stereocenters. The van der Waals surface area contributed by atoms with Gasteiger partial charge in [-0.3, -0.25) is 4.79 Å². The number of rotatable bonds is 5. The predicted octanol–water partition coefficient (Wildman–Crippen LogP) is 2.42. The fraction of sp³-hybridized carbons (Fsp3) is 0.364. The number of halogens is 2. The van der Waals surface area contributed by atoms with Crippen LogP contribution in [0.3, 0.4) is 0 Å². The lowest BCUT2D eigenvalue weighted by Gasteiger charge is -2.05. The van der Waals surface area contributed by atoms with Crippen molar-refractivity contribution >= 4 is 23.2 Å². The Kier molecular flexibility index (Phi) is 5.22. The summed E-state index contributed by atoms with van der Waals surface area (Å²) in [5.41, 5.74) is 0.427. The molecule has 0 spiro atoms. The van der Waals surface area contributed by atoms with Crippen molar-refractivity contribution in [1.82, 2.24) is 5.32 Å². The third kappa shape index (κ3) is 4.16. The largest absolute Gasteiger partial charge is 0.326 e. The molecule has 3 nitrogen and oxygen atoms in total. The summed E-state index contributed by atoms with van der Waals surface area (Å²) in [5, 5.41) is 5.60. The average molecular weight is 245 g/mol. The third-order valence-electron chi connectivity index (χ3n) is 2.03. The van der Waals surface area contributed by atoms with Gasteiger partial charge < -0.3 is 10.6 Å². The zero-order valence-corrected chi connectivity index (χ0v) is 9.77. The van der Waals surface area contributed by atoms with Crippen LogP contribution in [0.15, 0.2) is 18.2 Å². The molecule has 1 rings (SSSR count). The predicted molar refractivity (Wildman–Crippen MR) is 63.2 cm³/mol. The fourth-order valence-corrected chi connectivity index (χ4v) is 1.34. The van der Waals surface area contributed by atoms with Gasteiger partial charge in [0, 0.05) is 12.1 Å². The van der Waals surface area contributed by atoms with E-state index in [-0.39, 0.29) is 10.9 Å². The van der Waals surface area contributed by atoms with Crippen molar-refractivity contribution < 1.29 is 9.18 Å². The topological polar surface area (TPSA) is 41.1 Å². The monoisotopic (exact) mass is 244 g/mol. The molecule has 0 saturated heterocycles. The van der Waals surface area contributed by atoms with E-state index >= 15 is 0 Å². The van der Waals surface area contributed by atoms with E-state index in [9.17, 15) is 9.18 Å². The Morgan fingerprint density at radius 3 is 2.88 bits per heavy atom. The summed E-state index contributed by atoms with van der Waals surface area (Å²) in [6.45, 7) is 0.780. The Hall–Kier alpha value is -1.13. The van der Waals surface area contributed by atoms with E-state index in [1.54, 1.807) is 6.07 Å². The van der Waals surface area contributed by atoms with Gasteiger partial charge in [0.2, 0.25) is 5.91 Å². The lowest BCUT2D eigenvalue weighted by molar-refractivity contribution is -0.116. The van der Waals surface area contributed by atoms with Gasteiger partial charge in [0.05, 0.1) is 5.02 Å². The molecule has 5 heteroatoms. The molecule has 16 heavy (non-hydrogen) atoms. The van der Waals surface area contributed by atoms with Crippen molar-refractivity contribution in [1.29, 1.82) is 0 Å². The smallest absolute Gasteiger partial charge is 0.224 e. The van der Waals surface area contributed by atoms with E-state index < -0.39 is 5.82 Å². The van der Waals surface area contributed by atoms with Crippen LogP contribution in [0.25, 0.3) is 0 Å². The first kappa shape index (κ1) is 12.9. The molecule has 0 aromatic heterocycles. The van der Waals surface area contributed by atoms with Crippen LogP contribution in [0.1, 0.15) is 12.8 Å². The summed E-state index contributed by atoms with van der Waals surface area (Å²) >= 11 is 5.52. The Balaban J connectivity index is 2.46. The maximum absolute atomic E-state index is 13.0. The molecule has 88 valence electrons. The number of amides is 1. The Labute approximate surface area is 99.0 Å². The molecule has 2 N–H and O–H groups in total. The standard InChI is InChI=1S/C11H14ClFN2O/c1-14-6-2-3-11(16)15-8-4-5-9(12)10(13)7-8/h4-5,7,14H,2-3,6H2,1H3,(H,15,16). The van der Waals surface area contributed by atoms with Gasteiger partial charge in [0.15, 0.2) is 0 Å². The van der Waals surface area contributed by atoms with Crippen LogP contribution in [0.2, 0.25) is 5.02 Å². The molecule has 0 bridgehead atoms. The molecule has 0 aliphatic heterocycles. The Morgan fingerprint density at radius 2 is 2.25 bits per heavy atom. The van der Waals surface area contributed by atoms with Crippen LogP contribution in [0.4, 0.5) is 10.1 Å². The quantitative estimate of drug-likeness (QED) is 0.781. The second-order valence-electron chi connectivity index (χ2n) is 3.38. The van der Waals surface area contributed by atoms with Gasteiger partial charge in [-0.15, -0.1) is 0 Å². The summed E-state index contributed by atoms with van der Waals surface area (Å²) in [6, 6.07) is 4.19. The Bertz CT molecular complexity index is 371. The van der Waals surface area contributed by atoms with E-state index in [1.807, 2.05) is 7.05 Å². The number of carbonyl (C=O) groups excluding carboxylic acids is 1. The van der Waals surface area contributed by atoms with Crippen molar-refractivity contribution in [3.63, 3.8) is 0 Å². The number of nitrogens with one attached hydrogen (secondary N) is 2.